The SMILES string of the molecule is CCCCN(Cc1cccn1Cc1ccc(Br)cc1)C(=O)CN(CC(C)C)C(=O)Nc1cccc2ccccc12. The van der Waals surface area contributed by atoms with Crippen molar-refractivity contribution in [2.45, 2.75) is 46.7 Å². The van der Waals surface area contributed by atoms with Crippen molar-refractivity contribution in [1.29, 1.82) is 0 Å². The Bertz CT molecular complexity index is 1410. The molecule has 0 saturated heterocycles. The molecule has 4 aromatic rings. The Morgan fingerprint density at radius 2 is 1.68 bits per heavy atom. The van der Waals surface area contributed by atoms with E-state index in [1.807, 2.05) is 65.6 Å². The van der Waals surface area contributed by atoms with Gasteiger partial charge < -0.3 is 19.7 Å². The van der Waals surface area contributed by atoms with Gasteiger partial charge in [-0.2, -0.15) is 0 Å². The third-order valence-electron chi connectivity index (χ3n) is 6.91. The second kappa shape index (κ2) is 14.2. The monoisotopic (exact) mass is 602 g/mol. The fourth-order valence-corrected chi connectivity index (χ4v) is 5.09. The molecule has 4 rings (SSSR count). The summed E-state index contributed by atoms with van der Waals surface area (Å²) in [4.78, 5) is 30.8. The molecular weight excluding hydrogens is 564 g/mol. The van der Waals surface area contributed by atoms with Gasteiger partial charge in [0.25, 0.3) is 0 Å². The van der Waals surface area contributed by atoms with E-state index in [0.29, 0.717) is 19.6 Å². The Kier molecular flexibility index (Phi) is 10.4. The smallest absolute Gasteiger partial charge is 0.322 e. The number of halogens is 1. The van der Waals surface area contributed by atoms with Crippen molar-refractivity contribution in [1.82, 2.24) is 14.4 Å². The summed E-state index contributed by atoms with van der Waals surface area (Å²) in [5.74, 6) is 0.178. The Morgan fingerprint density at radius 3 is 2.42 bits per heavy atom. The largest absolute Gasteiger partial charge is 0.345 e. The van der Waals surface area contributed by atoms with Gasteiger partial charge in [0.15, 0.2) is 0 Å². The van der Waals surface area contributed by atoms with Crippen LogP contribution in [0.2, 0.25) is 0 Å². The minimum absolute atomic E-state index is 0.0336. The standard InChI is InChI=1S/C33H39BrN4O2/c1-4-5-19-37(23-29-12-9-20-36(29)22-26-15-17-28(34)18-16-26)32(39)24-38(21-25(2)3)33(40)35-31-14-8-11-27-10-6-7-13-30(27)31/h6-18,20,25H,4-5,19,21-24H2,1-3H3,(H,35,40). The van der Waals surface area contributed by atoms with Gasteiger partial charge >= 0.3 is 6.03 Å². The predicted octanol–water partition coefficient (Wildman–Crippen LogP) is 7.77. The van der Waals surface area contributed by atoms with Crippen LogP contribution in [0.5, 0.6) is 0 Å². The summed E-state index contributed by atoms with van der Waals surface area (Å²) < 4.78 is 3.24. The van der Waals surface area contributed by atoms with Crippen LogP contribution in [0.15, 0.2) is 89.5 Å². The van der Waals surface area contributed by atoms with E-state index in [1.54, 1.807) is 4.90 Å². The second-order valence-corrected chi connectivity index (χ2v) is 11.6. The number of unbranched alkanes of at least 4 members (excludes halogenated alkanes) is 1. The number of anilines is 1. The number of carbonyl (C=O) groups is 2. The molecule has 1 N–H and O–H groups in total. The molecule has 1 aromatic heterocycles. The summed E-state index contributed by atoms with van der Waals surface area (Å²) in [6, 6.07) is 26.0. The molecule has 3 aromatic carbocycles. The molecule has 0 fully saturated rings. The highest BCUT2D eigenvalue weighted by Gasteiger charge is 2.23. The van der Waals surface area contributed by atoms with Crippen LogP contribution in [0.4, 0.5) is 10.5 Å². The van der Waals surface area contributed by atoms with Crippen LogP contribution in [0.1, 0.15) is 44.9 Å². The number of amides is 3. The minimum atomic E-state index is -0.257. The van der Waals surface area contributed by atoms with Gasteiger partial charge in [0, 0.05) is 41.4 Å². The Balaban J connectivity index is 1.49. The highest BCUT2D eigenvalue weighted by Crippen LogP contribution is 2.23. The summed E-state index contributed by atoms with van der Waals surface area (Å²) in [5.41, 5.74) is 3.02. The summed E-state index contributed by atoms with van der Waals surface area (Å²) >= 11 is 3.50. The van der Waals surface area contributed by atoms with E-state index in [9.17, 15) is 9.59 Å². The van der Waals surface area contributed by atoms with Crippen molar-refractivity contribution in [3.63, 3.8) is 0 Å². The maximum Gasteiger partial charge on any atom is 0.322 e. The van der Waals surface area contributed by atoms with E-state index in [2.05, 4.69) is 71.0 Å². The van der Waals surface area contributed by atoms with Crippen molar-refractivity contribution in [3.8, 4) is 0 Å². The first-order valence-electron chi connectivity index (χ1n) is 14.0. The van der Waals surface area contributed by atoms with Gasteiger partial charge in [-0.05, 0) is 53.6 Å². The van der Waals surface area contributed by atoms with Crippen molar-refractivity contribution in [2.24, 2.45) is 5.92 Å². The van der Waals surface area contributed by atoms with E-state index >= 15 is 0 Å². The number of rotatable bonds is 12. The first-order chi connectivity index (χ1) is 19.3. The van der Waals surface area contributed by atoms with E-state index in [1.165, 1.54) is 5.56 Å². The molecular formula is C33H39BrN4O2. The number of carbonyl (C=O) groups excluding carboxylic acids is 2. The molecule has 0 spiro atoms. The molecule has 3 amide bonds. The van der Waals surface area contributed by atoms with Crippen LogP contribution in [0.3, 0.4) is 0 Å². The van der Waals surface area contributed by atoms with E-state index in [0.717, 1.165) is 46.0 Å². The van der Waals surface area contributed by atoms with Crippen LogP contribution in [0, 0.1) is 5.92 Å². The molecule has 0 aliphatic carbocycles. The van der Waals surface area contributed by atoms with Crippen LogP contribution < -0.4 is 5.32 Å². The zero-order valence-electron chi connectivity index (χ0n) is 23.6. The van der Waals surface area contributed by atoms with Crippen molar-refractivity contribution >= 4 is 44.3 Å². The third kappa shape index (κ3) is 7.98. The van der Waals surface area contributed by atoms with Crippen LogP contribution in [0.25, 0.3) is 10.8 Å². The number of benzene rings is 3. The summed E-state index contributed by atoms with van der Waals surface area (Å²) in [6.45, 7) is 8.66. The molecule has 0 unspecified atom stereocenters. The van der Waals surface area contributed by atoms with Crippen molar-refractivity contribution in [2.75, 3.05) is 25.0 Å². The van der Waals surface area contributed by atoms with E-state index in [-0.39, 0.29) is 24.4 Å². The lowest BCUT2D eigenvalue weighted by atomic mass is 10.1. The third-order valence-corrected chi connectivity index (χ3v) is 7.44. The number of urea groups is 1. The van der Waals surface area contributed by atoms with Crippen LogP contribution in [-0.2, 0) is 17.9 Å². The summed E-state index contributed by atoms with van der Waals surface area (Å²) in [6.07, 6.45) is 3.95. The molecule has 6 nitrogen and oxygen atoms in total. The molecule has 40 heavy (non-hydrogen) atoms. The first-order valence-corrected chi connectivity index (χ1v) is 14.8. The molecule has 0 aliphatic rings. The van der Waals surface area contributed by atoms with Crippen LogP contribution >= 0.6 is 15.9 Å². The number of fused-ring (bicyclic) bond motifs is 1. The fraction of sp³-hybridized carbons (Fsp3) is 0.333. The Labute approximate surface area is 246 Å². The van der Waals surface area contributed by atoms with Crippen LogP contribution in [-0.4, -0.2) is 45.9 Å². The molecule has 0 saturated carbocycles. The van der Waals surface area contributed by atoms with Crippen molar-refractivity contribution < 1.29 is 9.59 Å². The highest BCUT2D eigenvalue weighted by atomic mass is 79.9. The van der Waals surface area contributed by atoms with Gasteiger partial charge in [-0.3, -0.25) is 4.79 Å². The van der Waals surface area contributed by atoms with Gasteiger partial charge in [-0.25, -0.2) is 4.79 Å². The average Bonchev–Trinajstić information content (AvgIpc) is 3.38. The number of nitrogens with one attached hydrogen (secondary N) is 1. The number of nitrogens with zero attached hydrogens (tertiary/aromatic N) is 3. The summed E-state index contributed by atoms with van der Waals surface area (Å²) in [5, 5.41) is 5.11. The normalized spacial score (nSPS) is 11.1. The molecule has 1 heterocycles. The molecule has 0 atom stereocenters. The maximum absolute atomic E-state index is 13.7. The number of aromatic nitrogens is 1. The van der Waals surface area contributed by atoms with Gasteiger partial charge in [0.1, 0.15) is 6.54 Å². The molecule has 210 valence electrons. The fourth-order valence-electron chi connectivity index (χ4n) is 4.82. The Morgan fingerprint density at radius 1 is 0.925 bits per heavy atom. The highest BCUT2D eigenvalue weighted by molar-refractivity contribution is 9.10. The maximum atomic E-state index is 13.7. The topological polar surface area (TPSA) is 57.6 Å². The lowest BCUT2D eigenvalue weighted by molar-refractivity contribution is -0.132. The quantitative estimate of drug-likeness (QED) is 0.180. The van der Waals surface area contributed by atoms with Gasteiger partial charge in [0.05, 0.1) is 12.2 Å². The number of hydrogen-bond donors (Lipinski definition) is 1. The molecule has 7 heteroatoms. The first kappa shape index (κ1) is 29.4. The zero-order chi connectivity index (χ0) is 28.5. The minimum Gasteiger partial charge on any atom is -0.345 e. The van der Waals surface area contributed by atoms with Crippen molar-refractivity contribution in [3.05, 3.63) is 101 Å². The van der Waals surface area contributed by atoms with E-state index in [4.69, 9.17) is 0 Å². The molecule has 0 bridgehead atoms. The zero-order valence-corrected chi connectivity index (χ0v) is 25.2. The lowest BCUT2D eigenvalue weighted by Crippen LogP contribution is -2.46. The summed E-state index contributed by atoms with van der Waals surface area (Å²) in [7, 11) is 0. The lowest BCUT2D eigenvalue weighted by Gasteiger charge is -2.29. The van der Waals surface area contributed by atoms with Gasteiger partial charge in [-0.15, -0.1) is 0 Å². The predicted molar refractivity (Wildman–Crippen MR) is 167 cm³/mol. The molecule has 0 aliphatic heterocycles. The second-order valence-electron chi connectivity index (χ2n) is 10.7. The van der Waals surface area contributed by atoms with Gasteiger partial charge in [-0.1, -0.05) is 91.7 Å². The van der Waals surface area contributed by atoms with Gasteiger partial charge in [0.2, 0.25) is 5.91 Å². The average molecular weight is 604 g/mol. The van der Waals surface area contributed by atoms with E-state index < -0.39 is 0 Å². The Hall–Kier alpha value is -3.58. The number of hydrogen-bond acceptors (Lipinski definition) is 2. The molecule has 0 radical (unpaired) electrons.